The summed E-state index contributed by atoms with van der Waals surface area (Å²) in [5.74, 6) is -2.66. The number of halogens is 2. The molecule has 0 aromatic carbocycles. The highest BCUT2D eigenvalue weighted by atomic mass is 19.3. The van der Waals surface area contributed by atoms with Gasteiger partial charge in [-0.25, -0.2) is 18.4 Å². The standard InChI is InChI=1S/C25H44F2N4O3/c1-23(2,3)19-10-9-18(31(19)22(33)29-17-14-25(26,27)15-17)16-24(4,5)20-8-7-12-30(20)21(32)28-11-13-34-6/h17-20H,7-16H2,1-6H3,(H,28,32)(H,29,33). The Balaban J connectivity index is 1.70. The smallest absolute Gasteiger partial charge is 0.318 e. The number of alkyl halides is 2. The van der Waals surface area contributed by atoms with Gasteiger partial charge in [0.05, 0.1) is 6.61 Å². The van der Waals surface area contributed by atoms with Crippen molar-refractivity contribution in [3.63, 3.8) is 0 Å². The summed E-state index contributed by atoms with van der Waals surface area (Å²) in [5, 5.41) is 5.82. The van der Waals surface area contributed by atoms with Gasteiger partial charge in [0.1, 0.15) is 0 Å². The molecule has 2 N–H and O–H groups in total. The summed E-state index contributed by atoms with van der Waals surface area (Å²) in [7, 11) is 1.61. The summed E-state index contributed by atoms with van der Waals surface area (Å²) in [4.78, 5) is 30.0. The topological polar surface area (TPSA) is 73.9 Å². The van der Waals surface area contributed by atoms with Gasteiger partial charge in [-0.3, -0.25) is 0 Å². The van der Waals surface area contributed by atoms with Gasteiger partial charge in [0, 0.05) is 57.2 Å². The molecule has 0 aromatic heterocycles. The SMILES string of the molecule is COCCNC(=O)N1CCCC1C(C)(C)CC1CCC(C(C)(C)C)N1C(=O)NC1CC(F)(F)C1. The lowest BCUT2D eigenvalue weighted by Gasteiger charge is -2.44. The normalized spacial score (nSPS) is 27.6. The molecule has 0 radical (unpaired) electrons. The van der Waals surface area contributed by atoms with Crippen LogP contribution in [0.4, 0.5) is 18.4 Å². The number of likely N-dealkylation sites (tertiary alicyclic amines) is 2. The minimum atomic E-state index is -2.66. The minimum Gasteiger partial charge on any atom is -0.383 e. The number of hydrogen-bond donors (Lipinski definition) is 2. The number of amides is 4. The average Bonchev–Trinajstić information content (AvgIpc) is 3.33. The average molecular weight is 487 g/mol. The van der Waals surface area contributed by atoms with Crippen LogP contribution in [0.2, 0.25) is 0 Å². The van der Waals surface area contributed by atoms with Crippen molar-refractivity contribution in [2.45, 2.75) is 110 Å². The fourth-order valence-electron chi connectivity index (χ4n) is 6.18. The van der Waals surface area contributed by atoms with Crippen LogP contribution in [-0.2, 0) is 4.74 Å². The van der Waals surface area contributed by atoms with Crippen LogP contribution in [-0.4, -0.2) is 78.8 Å². The lowest BCUT2D eigenvalue weighted by Crippen LogP contribution is -2.58. The maximum Gasteiger partial charge on any atom is 0.318 e. The molecule has 196 valence electrons. The van der Waals surface area contributed by atoms with Gasteiger partial charge in [-0.2, -0.15) is 0 Å². The van der Waals surface area contributed by atoms with Gasteiger partial charge in [0.2, 0.25) is 0 Å². The molecule has 3 aliphatic rings. The number of ether oxygens (including phenoxy) is 1. The lowest BCUT2D eigenvalue weighted by molar-refractivity contribution is -0.0907. The van der Waals surface area contributed by atoms with Gasteiger partial charge in [0.15, 0.2) is 0 Å². The van der Waals surface area contributed by atoms with Crippen molar-refractivity contribution >= 4 is 12.1 Å². The maximum absolute atomic E-state index is 13.3. The van der Waals surface area contributed by atoms with Crippen molar-refractivity contribution in [1.82, 2.24) is 20.4 Å². The molecular weight excluding hydrogens is 442 g/mol. The second kappa shape index (κ2) is 10.2. The zero-order valence-electron chi connectivity index (χ0n) is 21.8. The van der Waals surface area contributed by atoms with Gasteiger partial charge in [-0.05, 0) is 42.9 Å². The maximum atomic E-state index is 13.3. The van der Waals surface area contributed by atoms with Gasteiger partial charge >= 0.3 is 12.1 Å². The van der Waals surface area contributed by atoms with E-state index in [-0.39, 0.29) is 53.9 Å². The molecule has 1 aliphatic carbocycles. The summed E-state index contributed by atoms with van der Waals surface area (Å²) >= 11 is 0. The van der Waals surface area contributed by atoms with Crippen LogP contribution >= 0.6 is 0 Å². The molecule has 7 nitrogen and oxygen atoms in total. The Hall–Kier alpha value is -1.64. The van der Waals surface area contributed by atoms with E-state index in [2.05, 4.69) is 45.3 Å². The molecule has 3 fully saturated rings. The van der Waals surface area contributed by atoms with Crippen LogP contribution in [0.15, 0.2) is 0 Å². The summed E-state index contributed by atoms with van der Waals surface area (Å²) < 4.78 is 31.7. The van der Waals surface area contributed by atoms with Crippen molar-refractivity contribution in [2.24, 2.45) is 10.8 Å². The van der Waals surface area contributed by atoms with Crippen molar-refractivity contribution in [1.29, 1.82) is 0 Å². The molecule has 4 amide bonds. The number of carbonyl (C=O) groups excluding carboxylic acids is 2. The Bertz CT molecular complexity index is 732. The number of rotatable bonds is 7. The first-order chi connectivity index (χ1) is 15.7. The Morgan fingerprint density at radius 2 is 1.71 bits per heavy atom. The van der Waals surface area contributed by atoms with Crippen molar-refractivity contribution in [2.75, 3.05) is 26.8 Å². The van der Waals surface area contributed by atoms with E-state index in [1.165, 1.54) is 0 Å². The lowest BCUT2D eigenvalue weighted by atomic mass is 9.77. The van der Waals surface area contributed by atoms with E-state index in [0.717, 1.165) is 38.6 Å². The number of nitrogens with one attached hydrogen (secondary N) is 2. The molecule has 34 heavy (non-hydrogen) atoms. The van der Waals surface area contributed by atoms with Gasteiger partial charge in [-0.1, -0.05) is 34.6 Å². The molecule has 3 unspecified atom stereocenters. The monoisotopic (exact) mass is 486 g/mol. The zero-order valence-corrected chi connectivity index (χ0v) is 21.8. The van der Waals surface area contributed by atoms with Crippen molar-refractivity contribution in [3.8, 4) is 0 Å². The van der Waals surface area contributed by atoms with Gasteiger partial charge in [0.25, 0.3) is 5.92 Å². The third-order valence-corrected chi connectivity index (χ3v) is 7.91. The van der Waals surface area contributed by atoms with E-state index in [9.17, 15) is 18.4 Å². The van der Waals surface area contributed by atoms with Crippen LogP contribution in [0.5, 0.6) is 0 Å². The quantitative estimate of drug-likeness (QED) is 0.516. The van der Waals surface area contributed by atoms with E-state index >= 15 is 0 Å². The molecule has 2 aliphatic heterocycles. The molecule has 1 saturated carbocycles. The first-order valence-corrected chi connectivity index (χ1v) is 12.8. The van der Waals surface area contributed by atoms with Crippen molar-refractivity contribution in [3.05, 3.63) is 0 Å². The Kier molecular flexibility index (Phi) is 8.05. The molecule has 9 heteroatoms. The van der Waals surface area contributed by atoms with Crippen LogP contribution in [0.3, 0.4) is 0 Å². The van der Waals surface area contributed by atoms with E-state index in [1.807, 2.05) is 9.80 Å². The van der Waals surface area contributed by atoms with Crippen LogP contribution in [0.25, 0.3) is 0 Å². The van der Waals surface area contributed by atoms with Crippen LogP contribution in [0, 0.1) is 10.8 Å². The van der Waals surface area contributed by atoms with Crippen LogP contribution in [0.1, 0.15) is 79.6 Å². The number of nitrogens with zero attached hydrogens (tertiary/aromatic N) is 2. The molecule has 0 spiro atoms. The second-order valence-electron chi connectivity index (χ2n) is 12.2. The molecule has 3 atom stereocenters. The van der Waals surface area contributed by atoms with Gasteiger partial charge in [-0.15, -0.1) is 0 Å². The van der Waals surface area contributed by atoms with Crippen molar-refractivity contribution < 1.29 is 23.1 Å². The zero-order chi connectivity index (χ0) is 25.3. The Morgan fingerprint density at radius 1 is 1.03 bits per heavy atom. The summed E-state index contributed by atoms with van der Waals surface area (Å²) in [6, 6.07) is -0.603. The first-order valence-electron chi connectivity index (χ1n) is 12.8. The van der Waals surface area contributed by atoms with E-state index in [0.29, 0.717) is 13.2 Å². The molecule has 0 bridgehead atoms. The summed E-state index contributed by atoms with van der Waals surface area (Å²) in [6.07, 6.45) is 3.87. The Labute approximate surface area is 203 Å². The first kappa shape index (κ1) is 27.0. The third kappa shape index (κ3) is 6.13. The van der Waals surface area contributed by atoms with Gasteiger partial charge < -0.3 is 25.2 Å². The Morgan fingerprint density at radius 3 is 2.29 bits per heavy atom. The fraction of sp³-hybridized carbons (Fsp3) is 0.920. The number of hydrogen-bond acceptors (Lipinski definition) is 3. The predicted molar refractivity (Wildman–Crippen MR) is 128 cm³/mol. The highest BCUT2D eigenvalue weighted by molar-refractivity contribution is 5.76. The summed E-state index contributed by atoms with van der Waals surface area (Å²) in [6.45, 7) is 12.4. The third-order valence-electron chi connectivity index (χ3n) is 7.91. The highest BCUT2D eigenvalue weighted by Crippen LogP contribution is 2.44. The highest BCUT2D eigenvalue weighted by Gasteiger charge is 2.50. The number of urea groups is 2. The van der Waals surface area contributed by atoms with E-state index in [1.54, 1.807) is 7.11 Å². The number of carbonyl (C=O) groups is 2. The molecule has 2 heterocycles. The van der Waals surface area contributed by atoms with E-state index < -0.39 is 12.0 Å². The molecule has 0 aromatic rings. The molecular formula is C25H44F2N4O3. The summed E-state index contributed by atoms with van der Waals surface area (Å²) in [5.41, 5.74) is -0.311. The second-order valence-corrected chi connectivity index (χ2v) is 12.2. The van der Waals surface area contributed by atoms with E-state index in [4.69, 9.17) is 4.74 Å². The number of methoxy groups -OCH3 is 1. The van der Waals surface area contributed by atoms with Crippen LogP contribution < -0.4 is 10.6 Å². The molecule has 3 rings (SSSR count). The predicted octanol–water partition coefficient (Wildman–Crippen LogP) is 4.61. The minimum absolute atomic E-state index is 0.0128. The largest absolute Gasteiger partial charge is 0.383 e. The molecule has 2 saturated heterocycles. The fourth-order valence-corrected chi connectivity index (χ4v) is 6.18.